The fourth-order valence-corrected chi connectivity index (χ4v) is 3.74. The standard InChI is InChI=1S/C14H26N2O5.C12H22N2O5.C11H22N2O4.C3H6O2.Li.H2O/c1-6-11(17)16(10-12(18)20-7-2)9-8-15-13(19)21-14(3,4)5;1-5-9(15)14(8-10(16)17)7-6-13-11(18)19-12(2,3)4;1-5-16-9(14)8-12-6-7-13-10(15)17-11(2,3)4;1-2-3(4)5;;/h6-10H2,1-5H3,(H,15,19);5-8H2,1-4H3,(H,13,18)(H,16,17);12H,5-8H2,1-4H3,(H,13,15);2H2,1H3,(H,4,5);;1H2/q;;;;+1;/p-1. The van der Waals surface area contributed by atoms with Crippen molar-refractivity contribution in [3.05, 3.63) is 0 Å². The number of aliphatic carboxylic acids is 2. The molecule has 0 aliphatic heterocycles. The number of carboxylic acid groups (broad SMARTS) is 2. The molecule has 370 valence electrons. The molecule has 7 N–H and O–H groups in total. The molecule has 0 saturated heterocycles. The average molecular weight is 921 g/mol. The average Bonchev–Trinajstić information content (AvgIpc) is 3.11. The maximum atomic E-state index is 11.7. The predicted molar refractivity (Wildman–Crippen MR) is 230 cm³/mol. The molecule has 24 heteroatoms. The molecule has 0 spiro atoms. The van der Waals surface area contributed by atoms with Crippen LogP contribution in [0.5, 0.6) is 0 Å². The monoisotopic (exact) mass is 921 g/mol. The largest absolute Gasteiger partial charge is 1.00 e. The van der Waals surface area contributed by atoms with E-state index < -0.39 is 53.0 Å². The molecular weight excluding hydrogens is 843 g/mol. The van der Waals surface area contributed by atoms with Crippen molar-refractivity contribution < 1.29 is 101 Å². The fraction of sp³-hybridized carbons (Fsp3) is 0.775. The molecule has 0 aromatic heterocycles. The molecule has 0 rings (SSSR count). The van der Waals surface area contributed by atoms with Gasteiger partial charge in [0.1, 0.15) is 29.9 Å². The third-order valence-corrected chi connectivity index (χ3v) is 6.21. The van der Waals surface area contributed by atoms with Crippen molar-refractivity contribution in [1.82, 2.24) is 31.1 Å². The first-order chi connectivity index (χ1) is 28.5. The number of carboxylic acids is 2. The Labute approximate surface area is 390 Å². The van der Waals surface area contributed by atoms with Gasteiger partial charge in [-0.3, -0.25) is 28.8 Å². The summed E-state index contributed by atoms with van der Waals surface area (Å²) < 4.78 is 24.7. The normalized spacial score (nSPS) is 10.2. The maximum absolute atomic E-state index is 11.7. The van der Waals surface area contributed by atoms with Crippen LogP contribution in [0.2, 0.25) is 0 Å². The van der Waals surface area contributed by atoms with Gasteiger partial charge in [-0.2, -0.15) is 0 Å². The summed E-state index contributed by atoms with van der Waals surface area (Å²) in [6.07, 6.45) is -0.879. The van der Waals surface area contributed by atoms with E-state index in [1.54, 1.807) is 96.9 Å². The van der Waals surface area contributed by atoms with E-state index in [9.17, 15) is 43.2 Å². The van der Waals surface area contributed by atoms with Crippen molar-refractivity contribution >= 4 is 54.0 Å². The molecule has 0 bridgehead atoms. The summed E-state index contributed by atoms with van der Waals surface area (Å²) in [6, 6.07) is 0. The second kappa shape index (κ2) is 39.7. The van der Waals surface area contributed by atoms with Gasteiger partial charge in [-0.15, -0.1) is 0 Å². The zero-order chi connectivity index (χ0) is 49.1. The Balaban J connectivity index is -0.000000185. The number of carbonyl (C=O) groups excluding carboxylic acids is 7. The second-order valence-electron chi connectivity index (χ2n) is 15.6. The Kier molecular flexibility index (Phi) is 43.9. The van der Waals surface area contributed by atoms with Crippen LogP contribution in [0.4, 0.5) is 14.4 Å². The van der Waals surface area contributed by atoms with E-state index >= 15 is 0 Å². The zero-order valence-electron chi connectivity index (χ0n) is 40.9. The van der Waals surface area contributed by atoms with Crippen molar-refractivity contribution in [2.45, 2.75) is 133 Å². The summed E-state index contributed by atoms with van der Waals surface area (Å²) in [5.74, 6) is -3.03. The number of esters is 2. The van der Waals surface area contributed by atoms with Crippen molar-refractivity contribution in [3.8, 4) is 0 Å². The molecule has 0 fully saturated rings. The third-order valence-electron chi connectivity index (χ3n) is 6.21. The van der Waals surface area contributed by atoms with Crippen molar-refractivity contribution in [1.29, 1.82) is 0 Å². The van der Waals surface area contributed by atoms with E-state index in [2.05, 4.69) is 21.3 Å². The molecule has 0 heterocycles. The first kappa shape index (κ1) is 70.8. The SMILES string of the molecule is CCC(=O)N(CCNC(=O)OC(C)(C)C)CC(=O)O.CCC(=O)O.CCOC(=O)CN(CCNC(=O)OC(C)(C)C)C(=O)CC.CCOC(=O)CNCCNC(=O)OC(C)(C)C.[Li+].[OH-]. The molecule has 0 aliphatic carbocycles. The Morgan fingerprint density at radius 1 is 0.484 bits per heavy atom. The molecule has 5 amide bonds. The number of hydrogen-bond acceptors (Lipinski definition) is 16. The van der Waals surface area contributed by atoms with Gasteiger partial charge >= 0.3 is 61.0 Å². The van der Waals surface area contributed by atoms with E-state index in [1.807, 2.05) is 0 Å². The minimum absolute atomic E-state index is 0. The number of alkyl carbamates (subject to hydrolysis) is 3. The number of amides is 5. The Morgan fingerprint density at radius 2 is 0.812 bits per heavy atom. The number of rotatable bonds is 20. The summed E-state index contributed by atoms with van der Waals surface area (Å²) in [7, 11) is 0. The summed E-state index contributed by atoms with van der Waals surface area (Å²) in [6.45, 7) is 26.2. The van der Waals surface area contributed by atoms with Crippen molar-refractivity contribution in [3.63, 3.8) is 0 Å². The van der Waals surface area contributed by atoms with Crippen molar-refractivity contribution in [2.75, 3.05) is 72.1 Å². The molecular formula is C40H77LiN6O17. The molecule has 0 atom stereocenters. The van der Waals surface area contributed by atoms with Gasteiger partial charge in [0.2, 0.25) is 11.8 Å². The first-order valence-corrected chi connectivity index (χ1v) is 20.4. The van der Waals surface area contributed by atoms with Crippen LogP contribution in [0.1, 0.15) is 116 Å². The van der Waals surface area contributed by atoms with Gasteiger partial charge in [0.05, 0.1) is 19.8 Å². The Hall–Kier alpha value is -4.85. The van der Waals surface area contributed by atoms with Gasteiger partial charge in [0.15, 0.2) is 0 Å². The molecule has 0 radical (unpaired) electrons. The predicted octanol–water partition coefficient (Wildman–Crippen LogP) is 0.119. The summed E-state index contributed by atoms with van der Waals surface area (Å²) in [4.78, 5) is 102. The van der Waals surface area contributed by atoms with Gasteiger partial charge in [-0.25, -0.2) is 14.4 Å². The van der Waals surface area contributed by atoms with Crippen LogP contribution in [0.25, 0.3) is 0 Å². The summed E-state index contributed by atoms with van der Waals surface area (Å²) >= 11 is 0. The molecule has 23 nitrogen and oxygen atoms in total. The first-order valence-electron chi connectivity index (χ1n) is 20.4. The van der Waals surface area contributed by atoms with Crippen LogP contribution in [-0.4, -0.2) is 168 Å². The zero-order valence-corrected chi connectivity index (χ0v) is 40.9. The molecule has 0 aliphatic rings. The molecule has 0 unspecified atom stereocenters. The van der Waals surface area contributed by atoms with Crippen LogP contribution >= 0.6 is 0 Å². The van der Waals surface area contributed by atoms with Crippen LogP contribution < -0.4 is 40.1 Å². The number of ether oxygens (including phenoxy) is 5. The van der Waals surface area contributed by atoms with Crippen molar-refractivity contribution in [2.24, 2.45) is 0 Å². The molecule has 0 saturated carbocycles. The van der Waals surface area contributed by atoms with E-state index in [0.717, 1.165) is 0 Å². The maximum Gasteiger partial charge on any atom is 1.00 e. The van der Waals surface area contributed by atoms with Crippen LogP contribution in [0.3, 0.4) is 0 Å². The summed E-state index contributed by atoms with van der Waals surface area (Å²) in [5.41, 5.74) is -1.67. The quantitative estimate of drug-likeness (QED) is 0.0409. The van der Waals surface area contributed by atoms with Gasteiger partial charge in [-0.1, -0.05) is 20.8 Å². The van der Waals surface area contributed by atoms with Crippen LogP contribution in [-0.2, 0) is 52.5 Å². The topological polar surface area (TPSA) is 325 Å². The van der Waals surface area contributed by atoms with E-state index in [1.165, 1.54) is 9.80 Å². The number of nitrogens with zero attached hydrogens (tertiary/aromatic N) is 2. The van der Waals surface area contributed by atoms with Gasteiger partial charge in [-0.05, 0) is 76.2 Å². The Bertz CT molecular complexity index is 1370. The van der Waals surface area contributed by atoms with E-state index in [0.29, 0.717) is 19.7 Å². The smallest absolute Gasteiger partial charge is 0.870 e. The Morgan fingerprint density at radius 3 is 1.11 bits per heavy atom. The summed E-state index contributed by atoms with van der Waals surface area (Å²) in [5, 5.41) is 26.8. The molecule has 64 heavy (non-hydrogen) atoms. The van der Waals surface area contributed by atoms with E-state index in [-0.39, 0.29) is 114 Å². The minimum atomic E-state index is -1.08. The number of nitrogens with one attached hydrogen (secondary N) is 4. The molecule has 0 aromatic carbocycles. The van der Waals surface area contributed by atoms with Crippen LogP contribution in [0, 0.1) is 0 Å². The fourth-order valence-electron chi connectivity index (χ4n) is 3.74. The number of carbonyl (C=O) groups is 9. The minimum Gasteiger partial charge on any atom is -0.870 e. The van der Waals surface area contributed by atoms with Gasteiger partial charge in [0.25, 0.3) is 0 Å². The van der Waals surface area contributed by atoms with Gasteiger partial charge in [0, 0.05) is 58.5 Å². The molecule has 0 aromatic rings. The van der Waals surface area contributed by atoms with Gasteiger partial charge < -0.3 is 70.4 Å². The third kappa shape index (κ3) is 53.3. The van der Waals surface area contributed by atoms with Crippen LogP contribution in [0.15, 0.2) is 0 Å². The van der Waals surface area contributed by atoms with E-state index in [4.69, 9.17) is 33.9 Å². The number of hydrogen-bond donors (Lipinski definition) is 6. The second-order valence-corrected chi connectivity index (χ2v) is 15.6.